The zero-order valence-corrected chi connectivity index (χ0v) is 8.95. The average molecular weight is 224 g/mol. The van der Waals surface area contributed by atoms with E-state index in [1.807, 2.05) is 6.07 Å². The first-order valence-electron chi connectivity index (χ1n) is 4.49. The molecule has 0 bridgehead atoms. The van der Waals surface area contributed by atoms with Crippen LogP contribution in [-0.4, -0.2) is 10.9 Å². The van der Waals surface area contributed by atoms with Crippen molar-refractivity contribution in [2.24, 2.45) is 5.92 Å². The summed E-state index contributed by atoms with van der Waals surface area (Å²) in [7, 11) is 0. The number of carbonyl (C=O) groups excluding carboxylic acids is 1. The Balaban J connectivity index is 2.67. The van der Waals surface area contributed by atoms with Gasteiger partial charge < -0.3 is 5.32 Å². The van der Waals surface area contributed by atoms with Crippen molar-refractivity contribution in [3.05, 3.63) is 23.4 Å². The maximum Gasteiger partial charge on any atom is 0.242 e. The zero-order chi connectivity index (χ0) is 11.3. The largest absolute Gasteiger partial charge is 0.310 e. The fraction of sp³-hybridized carbons (Fsp3) is 0.300. The predicted octanol–water partition coefficient (Wildman–Crippen LogP) is 2.22. The van der Waals surface area contributed by atoms with Gasteiger partial charge >= 0.3 is 0 Å². The van der Waals surface area contributed by atoms with Crippen LogP contribution in [0.4, 0.5) is 5.82 Å². The Morgan fingerprint density at radius 2 is 2.47 bits per heavy atom. The molecule has 0 saturated heterocycles. The van der Waals surface area contributed by atoms with E-state index in [0.29, 0.717) is 17.3 Å². The van der Waals surface area contributed by atoms with Gasteiger partial charge in [0.05, 0.1) is 11.1 Å². The van der Waals surface area contributed by atoms with Crippen molar-refractivity contribution in [2.75, 3.05) is 5.32 Å². The zero-order valence-electron chi connectivity index (χ0n) is 8.20. The van der Waals surface area contributed by atoms with Gasteiger partial charge in [-0.25, -0.2) is 4.98 Å². The lowest BCUT2D eigenvalue weighted by molar-refractivity contribution is -0.118. The maximum absolute atomic E-state index is 11.5. The maximum atomic E-state index is 11.5. The average Bonchev–Trinajstić information content (AvgIpc) is 2.23. The van der Waals surface area contributed by atoms with Crippen molar-refractivity contribution in [1.82, 2.24) is 4.98 Å². The number of nitrogens with one attached hydrogen (secondary N) is 1. The highest BCUT2D eigenvalue weighted by Crippen LogP contribution is 2.11. The monoisotopic (exact) mass is 223 g/mol. The molecule has 0 aliphatic heterocycles. The van der Waals surface area contributed by atoms with Crippen LogP contribution in [-0.2, 0) is 4.79 Å². The third kappa shape index (κ3) is 3.22. The first-order valence-corrected chi connectivity index (χ1v) is 4.87. The van der Waals surface area contributed by atoms with Gasteiger partial charge in [-0.2, -0.15) is 5.26 Å². The third-order valence-electron chi connectivity index (χ3n) is 1.86. The number of halogens is 1. The van der Waals surface area contributed by atoms with Gasteiger partial charge in [0.1, 0.15) is 11.7 Å². The lowest BCUT2D eigenvalue weighted by atomic mass is 10.1. The number of hydrogen-bond donors (Lipinski definition) is 1. The van der Waals surface area contributed by atoms with Crippen LogP contribution >= 0.6 is 11.6 Å². The Kier molecular flexibility index (Phi) is 4.07. The van der Waals surface area contributed by atoms with Gasteiger partial charge in [0.15, 0.2) is 0 Å². The smallest absolute Gasteiger partial charge is 0.242 e. The van der Waals surface area contributed by atoms with Gasteiger partial charge in [0.2, 0.25) is 5.91 Å². The van der Waals surface area contributed by atoms with Crippen molar-refractivity contribution < 1.29 is 4.79 Å². The second-order valence-electron chi connectivity index (χ2n) is 2.94. The number of nitrogens with zero attached hydrogens (tertiary/aromatic N) is 2. The van der Waals surface area contributed by atoms with Gasteiger partial charge in [-0.05, 0) is 18.6 Å². The molecule has 0 saturated carbocycles. The molecule has 0 fully saturated rings. The van der Waals surface area contributed by atoms with Crippen molar-refractivity contribution in [2.45, 2.75) is 13.3 Å². The van der Waals surface area contributed by atoms with Crippen molar-refractivity contribution in [1.29, 1.82) is 5.26 Å². The van der Waals surface area contributed by atoms with Crippen LogP contribution in [0.3, 0.4) is 0 Å². The number of amides is 1. The third-order valence-corrected chi connectivity index (χ3v) is 2.08. The minimum atomic E-state index is -0.637. The minimum absolute atomic E-state index is 0.338. The van der Waals surface area contributed by atoms with Crippen molar-refractivity contribution in [3.8, 4) is 6.07 Å². The Morgan fingerprint density at radius 3 is 2.93 bits per heavy atom. The molecular weight excluding hydrogens is 214 g/mol. The Hall–Kier alpha value is -1.60. The molecule has 1 unspecified atom stereocenters. The molecule has 5 heteroatoms. The van der Waals surface area contributed by atoms with Gasteiger partial charge in [0, 0.05) is 6.20 Å². The summed E-state index contributed by atoms with van der Waals surface area (Å²) in [6, 6.07) is 5.13. The molecule has 1 aromatic heterocycles. The Bertz CT molecular complexity index is 383. The van der Waals surface area contributed by atoms with E-state index < -0.39 is 5.92 Å². The topological polar surface area (TPSA) is 65.8 Å². The molecule has 1 aromatic rings. The lowest BCUT2D eigenvalue weighted by Gasteiger charge is -2.06. The van der Waals surface area contributed by atoms with Crippen LogP contribution in [0.5, 0.6) is 0 Å². The van der Waals surface area contributed by atoms with Crippen molar-refractivity contribution in [3.63, 3.8) is 0 Å². The van der Waals surface area contributed by atoms with Crippen LogP contribution in [0.25, 0.3) is 0 Å². The number of carbonyl (C=O) groups is 1. The van der Waals surface area contributed by atoms with E-state index in [1.165, 1.54) is 6.20 Å². The molecule has 1 rings (SSSR count). The van der Waals surface area contributed by atoms with E-state index in [0.717, 1.165) is 0 Å². The second-order valence-corrected chi connectivity index (χ2v) is 3.38. The quantitative estimate of drug-likeness (QED) is 0.855. The number of anilines is 1. The van der Waals surface area contributed by atoms with Gasteiger partial charge in [-0.1, -0.05) is 18.5 Å². The fourth-order valence-electron chi connectivity index (χ4n) is 0.998. The van der Waals surface area contributed by atoms with E-state index in [4.69, 9.17) is 16.9 Å². The van der Waals surface area contributed by atoms with Gasteiger partial charge in [0.25, 0.3) is 0 Å². The molecule has 0 aliphatic rings. The number of pyridine rings is 1. The summed E-state index contributed by atoms with van der Waals surface area (Å²) in [6.45, 7) is 1.78. The summed E-state index contributed by atoms with van der Waals surface area (Å²) >= 11 is 5.64. The summed E-state index contributed by atoms with van der Waals surface area (Å²) in [5.74, 6) is -0.574. The molecule has 4 nitrogen and oxygen atoms in total. The first-order chi connectivity index (χ1) is 7.17. The van der Waals surface area contributed by atoms with E-state index in [1.54, 1.807) is 19.1 Å². The van der Waals surface area contributed by atoms with Crippen LogP contribution in [0.2, 0.25) is 5.02 Å². The van der Waals surface area contributed by atoms with E-state index in [9.17, 15) is 4.79 Å². The normalized spacial score (nSPS) is 11.5. The molecule has 0 spiro atoms. The molecule has 0 aliphatic carbocycles. The molecule has 15 heavy (non-hydrogen) atoms. The van der Waals surface area contributed by atoms with Crippen molar-refractivity contribution >= 4 is 23.3 Å². The first kappa shape index (κ1) is 11.5. The van der Waals surface area contributed by atoms with E-state index >= 15 is 0 Å². The number of aromatic nitrogens is 1. The van der Waals surface area contributed by atoms with Crippen LogP contribution in [0.15, 0.2) is 18.3 Å². The summed E-state index contributed by atoms with van der Waals surface area (Å²) < 4.78 is 0. The second kappa shape index (κ2) is 5.32. The molecule has 1 amide bonds. The predicted molar refractivity (Wildman–Crippen MR) is 57.3 cm³/mol. The van der Waals surface area contributed by atoms with E-state index in [-0.39, 0.29) is 5.91 Å². The highest BCUT2D eigenvalue weighted by molar-refractivity contribution is 6.30. The molecule has 1 heterocycles. The van der Waals surface area contributed by atoms with E-state index in [2.05, 4.69) is 10.3 Å². The lowest BCUT2D eigenvalue weighted by Crippen LogP contribution is -2.21. The highest BCUT2D eigenvalue weighted by Gasteiger charge is 2.15. The molecule has 0 aromatic carbocycles. The molecule has 1 atom stereocenters. The standard InChI is InChI=1S/C10H10ClN3O/c1-2-7(5-12)10(15)14-9-4-3-8(11)6-13-9/h3-4,6-7H,2H2,1H3,(H,13,14,15). The highest BCUT2D eigenvalue weighted by atomic mass is 35.5. The molecular formula is C10H10ClN3O. The summed E-state index contributed by atoms with van der Waals surface area (Å²) in [6.07, 6.45) is 1.92. The summed E-state index contributed by atoms with van der Waals surface area (Å²) in [5.41, 5.74) is 0. The van der Waals surface area contributed by atoms with Crippen LogP contribution < -0.4 is 5.32 Å². The SMILES string of the molecule is CCC(C#N)C(=O)Nc1ccc(Cl)cn1. The minimum Gasteiger partial charge on any atom is -0.310 e. The van der Waals surface area contributed by atoms with Crippen LogP contribution in [0, 0.1) is 17.2 Å². The summed E-state index contributed by atoms with van der Waals surface area (Å²) in [4.78, 5) is 15.3. The molecule has 1 N–H and O–H groups in total. The van der Waals surface area contributed by atoms with Gasteiger partial charge in [-0.3, -0.25) is 4.79 Å². The number of hydrogen-bond acceptors (Lipinski definition) is 3. The molecule has 78 valence electrons. The fourth-order valence-corrected chi connectivity index (χ4v) is 1.11. The number of nitriles is 1. The van der Waals surface area contributed by atoms with Gasteiger partial charge in [-0.15, -0.1) is 0 Å². The van der Waals surface area contributed by atoms with Crippen LogP contribution in [0.1, 0.15) is 13.3 Å². The Morgan fingerprint density at radius 1 is 1.73 bits per heavy atom. The Labute approximate surface area is 92.9 Å². The molecule has 0 radical (unpaired) electrons. The summed E-state index contributed by atoms with van der Waals surface area (Å²) in [5, 5.41) is 11.7. The number of rotatable bonds is 3.